The number of hydrogen-bond acceptors (Lipinski definition) is 5. The van der Waals surface area contributed by atoms with Crippen LogP contribution in [0.4, 0.5) is 11.6 Å². The summed E-state index contributed by atoms with van der Waals surface area (Å²) >= 11 is 0. The van der Waals surface area contributed by atoms with Crippen molar-refractivity contribution in [2.45, 2.75) is 6.92 Å². The first-order valence-electron chi connectivity index (χ1n) is 7.82. The fourth-order valence-corrected chi connectivity index (χ4v) is 2.57. The number of H-pyrrole nitrogens is 1. The molecule has 25 heavy (non-hydrogen) atoms. The molecule has 6 heteroatoms. The second-order valence-corrected chi connectivity index (χ2v) is 5.69. The quantitative estimate of drug-likeness (QED) is 0.479. The fraction of sp³-hybridized carbons (Fsp3) is 0.0526. The van der Waals surface area contributed by atoms with Crippen molar-refractivity contribution in [1.29, 1.82) is 0 Å². The highest BCUT2D eigenvalue weighted by Crippen LogP contribution is 2.26. The highest BCUT2D eigenvalue weighted by atomic mass is 16.5. The van der Waals surface area contributed by atoms with Gasteiger partial charge in [-0.2, -0.15) is 4.98 Å². The normalized spacial score (nSPS) is 10.8. The van der Waals surface area contributed by atoms with Gasteiger partial charge in [0.05, 0.1) is 0 Å². The molecule has 0 saturated heterocycles. The third-order valence-electron chi connectivity index (χ3n) is 3.70. The summed E-state index contributed by atoms with van der Waals surface area (Å²) in [4.78, 5) is 11.8. The van der Waals surface area contributed by atoms with Crippen LogP contribution in [0.2, 0.25) is 0 Å². The van der Waals surface area contributed by atoms with Gasteiger partial charge in [0.25, 0.3) is 0 Å². The van der Waals surface area contributed by atoms with E-state index in [1.54, 1.807) is 36.5 Å². The summed E-state index contributed by atoms with van der Waals surface area (Å²) in [5.74, 6) is 1.78. The van der Waals surface area contributed by atoms with E-state index in [1.165, 1.54) is 0 Å². The van der Waals surface area contributed by atoms with Crippen molar-refractivity contribution in [1.82, 2.24) is 15.0 Å². The number of benzene rings is 2. The zero-order chi connectivity index (χ0) is 17.2. The molecule has 2 heterocycles. The van der Waals surface area contributed by atoms with Crippen molar-refractivity contribution in [2.24, 2.45) is 0 Å². The van der Waals surface area contributed by atoms with Crippen molar-refractivity contribution in [3.05, 3.63) is 66.5 Å². The van der Waals surface area contributed by atoms with Gasteiger partial charge in [-0.3, -0.25) is 0 Å². The van der Waals surface area contributed by atoms with Crippen LogP contribution in [0.25, 0.3) is 10.9 Å². The minimum Gasteiger partial charge on any atom is -0.508 e. The Kier molecular flexibility index (Phi) is 3.70. The first-order valence-corrected chi connectivity index (χ1v) is 7.82. The fourth-order valence-electron chi connectivity index (χ4n) is 2.57. The molecule has 2 aromatic heterocycles. The Labute approximate surface area is 144 Å². The number of ether oxygens (including phenoxy) is 1. The molecule has 3 N–H and O–H groups in total. The maximum atomic E-state index is 9.33. The summed E-state index contributed by atoms with van der Waals surface area (Å²) in [5, 5.41) is 13.5. The van der Waals surface area contributed by atoms with Gasteiger partial charge in [-0.1, -0.05) is 0 Å². The number of aryl methyl sites for hydroxylation is 1. The average molecular weight is 332 g/mol. The number of aromatic nitrogens is 3. The lowest BCUT2D eigenvalue weighted by molar-refractivity contribution is 0.463. The molecule has 124 valence electrons. The topological polar surface area (TPSA) is 83.1 Å². The summed E-state index contributed by atoms with van der Waals surface area (Å²) in [6, 6.07) is 16.3. The largest absolute Gasteiger partial charge is 0.508 e. The van der Waals surface area contributed by atoms with E-state index in [1.807, 2.05) is 25.1 Å². The number of aromatic hydroxyl groups is 1. The van der Waals surface area contributed by atoms with E-state index in [0.29, 0.717) is 17.6 Å². The van der Waals surface area contributed by atoms with Crippen molar-refractivity contribution >= 4 is 22.5 Å². The molecule has 0 aliphatic rings. The molecule has 4 rings (SSSR count). The van der Waals surface area contributed by atoms with E-state index in [-0.39, 0.29) is 5.75 Å². The summed E-state index contributed by atoms with van der Waals surface area (Å²) in [5.41, 5.74) is 2.95. The number of aromatic amines is 1. The number of hydrogen-bond donors (Lipinski definition) is 3. The van der Waals surface area contributed by atoms with E-state index in [0.717, 1.165) is 22.3 Å². The van der Waals surface area contributed by atoms with Crippen LogP contribution >= 0.6 is 0 Å². The van der Waals surface area contributed by atoms with Crippen molar-refractivity contribution in [2.75, 3.05) is 5.32 Å². The van der Waals surface area contributed by atoms with Gasteiger partial charge in [0.2, 0.25) is 11.8 Å². The Bertz CT molecular complexity index is 1030. The van der Waals surface area contributed by atoms with Gasteiger partial charge >= 0.3 is 0 Å². The molecular weight excluding hydrogens is 316 g/mol. The summed E-state index contributed by atoms with van der Waals surface area (Å²) < 4.78 is 5.85. The van der Waals surface area contributed by atoms with E-state index in [9.17, 15) is 5.11 Å². The summed E-state index contributed by atoms with van der Waals surface area (Å²) in [7, 11) is 0. The molecule has 0 amide bonds. The van der Waals surface area contributed by atoms with Crippen molar-refractivity contribution in [3.8, 4) is 17.4 Å². The summed E-state index contributed by atoms with van der Waals surface area (Å²) in [6.45, 7) is 2.02. The Morgan fingerprint density at radius 2 is 1.88 bits per heavy atom. The van der Waals surface area contributed by atoms with E-state index >= 15 is 0 Å². The number of anilines is 2. The highest BCUT2D eigenvalue weighted by Gasteiger charge is 2.05. The van der Waals surface area contributed by atoms with Crippen LogP contribution in [0.3, 0.4) is 0 Å². The second kappa shape index (κ2) is 6.16. The molecule has 0 bridgehead atoms. The number of nitrogens with zero attached hydrogens (tertiary/aromatic N) is 2. The zero-order valence-corrected chi connectivity index (χ0v) is 13.5. The van der Waals surface area contributed by atoms with Crippen LogP contribution in [-0.2, 0) is 0 Å². The first-order chi connectivity index (χ1) is 12.2. The SMILES string of the molecule is Cc1cc2cc(Oc3ccnc(Nc4ccc(O)cc4)n3)ccc2[nH]1. The van der Waals surface area contributed by atoms with Gasteiger partial charge < -0.3 is 20.1 Å². The summed E-state index contributed by atoms with van der Waals surface area (Å²) in [6.07, 6.45) is 1.63. The number of phenols is 1. The Morgan fingerprint density at radius 1 is 1.04 bits per heavy atom. The standard InChI is InChI=1S/C19H16N4O2/c1-12-10-13-11-16(6-7-17(13)21-12)25-18-8-9-20-19(23-18)22-14-2-4-15(24)5-3-14/h2-11,21,24H,1H3,(H,20,22,23). The van der Waals surface area contributed by atoms with Crippen LogP contribution in [-0.4, -0.2) is 20.1 Å². The number of nitrogens with one attached hydrogen (secondary N) is 2. The smallest absolute Gasteiger partial charge is 0.230 e. The molecule has 0 unspecified atom stereocenters. The predicted molar refractivity (Wildman–Crippen MR) is 96.5 cm³/mol. The van der Waals surface area contributed by atoms with E-state index in [2.05, 4.69) is 26.3 Å². The average Bonchev–Trinajstić information content (AvgIpc) is 2.97. The Balaban J connectivity index is 1.54. The molecule has 0 spiro atoms. The predicted octanol–water partition coefficient (Wildman–Crippen LogP) is 4.51. The molecule has 0 saturated carbocycles. The molecule has 0 aliphatic heterocycles. The van der Waals surface area contributed by atoms with Crippen LogP contribution in [0.5, 0.6) is 17.4 Å². The molecule has 2 aromatic carbocycles. The lowest BCUT2D eigenvalue weighted by Crippen LogP contribution is -1.98. The van der Waals surface area contributed by atoms with Crippen molar-refractivity contribution in [3.63, 3.8) is 0 Å². The lowest BCUT2D eigenvalue weighted by atomic mass is 10.2. The van der Waals surface area contributed by atoms with E-state index in [4.69, 9.17) is 4.74 Å². The minimum atomic E-state index is 0.207. The minimum absolute atomic E-state index is 0.207. The Hall–Kier alpha value is -3.54. The van der Waals surface area contributed by atoms with Crippen LogP contribution in [0, 0.1) is 6.92 Å². The molecule has 6 nitrogen and oxygen atoms in total. The van der Waals surface area contributed by atoms with Crippen molar-refractivity contribution < 1.29 is 9.84 Å². The number of phenolic OH excluding ortho intramolecular Hbond substituents is 1. The van der Waals surface area contributed by atoms with Gasteiger partial charge in [0.1, 0.15) is 11.5 Å². The molecular formula is C19H16N4O2. The number of fused-ring (bicyclic) bond motifs is 1. The van der Waals surface area contributed by atoms with Gasteiger partial charge in [-0.05, 0) is 55.5 Å². The van der Waals surface area contributed by atoms with Crippen LogP contribution in [0.1, 0.15) is 5.69 Å². The lowest BCUT2D eigenvalue weighted by Gasteiger charge is -2.08. The maximum absolute atomic E-state index is 9.33. The third kappa shape index (κ3) is 3.37. The van der Waals surface area contributed by atoms with Gasteiger partial charge in [-0.15, -0.1) is 0 Å². The highest BCUT2D eigenvalue weighted by molar-refractivity contribution is 5.81. The third-order valence-corrected chi connectivity index (χ3v) is 3.70. The number of rotatable bonds is 4. The molecule has 0 aliphatic carbocycles. The van der Waals surface area contributed by atoms with Gasteiger partial charge in [0, 0.05) is 34.5 Å². The van der Waals surface area contributed by atoms with Crippen LogP contribution in [0.15, 0.2) is 60.8 Å². The molecule has 0 fully saturated rings. The zero-order valence-electron chi connectivity index (χ0n) is 13.5. The second-order valence-electron chi connectivity index (χ2n) is 5.69. The monoisotopic (exact) mass is 332 g/mol. The Morgan fingerprint density at radius 3 is 2.72 bits per heavy atom. The molecule has 0 radical (unpaired) electrons. The van der Waals surface area contributed by atoms with Gasteiger partial charge in [0.15, 0.2) is 0 Å². The van der Waals surface area contributed by atoms with Crippen LogP contribution < -0.4 is 10.1 Å². The van der Waals surface area contributed by atoms with Gasteiger partial charge in [-0.25, -0.2) is 4.98 Å². The maximum Gasteiger partial charge on any atom is 0.230 e. The first kappa shape index (κ1) is 15.0. The molecule has 0 atom stereocenters. The molecule has 4 aromatic rings. The van der Waals surface area contributed by atoms with E-state index < -0.39 is 0 Å².